The van der Waals surface area contributed by atoms with Crippen molar-refractivity contribution in [3.63, 3.8) is 0 Å². The van der Waals surface area contributed by atoms with E-state index in [-0.39, 0.29) is 16.6 Å². The Hall–Kier alpha value is -0.510. The topological polar surface area (TPSA) is 38.3 Å². The van der Waals surface area contributed by atoms with Gasteiger partial charge in [0.1, 0.15) is 5.60 Å². The molecule has 1 unspecified atom stereocenters. The third-order valence-corrected chi connectivity index (χ3v) is 1.50. The van der Waals surface area contributed by atoms with Gasteiger partial charge >= 0.3 is 6.09 Å². The molecular formula is C8H17NO2S. The Morgan fingerprint density at radius 2 is 2.08 bits per heavy atom. The van der Waals surface area contributed by atoms with E-state index in [9.17, 15) is 4.79 Å². The van der Waals surface area contributed by atoms with Crippen molar-refractivity contribution in [2.75, 3.05) is 12.1 Å². The molecule has 0 aliphatic rings. The lowest BCUT2D eigenvalue weighted by Gasteiger charge is -2.19. The summed E-state index contributed by atoms with van der Waals surface area (Å²) < 4.78 is 5.01. The second-order valence-electron chi connectivity index (χ2n) is 3.60. The van der Waals surface area contributed by atoms with Gasteiger partial charge in [-0.2, -0.15) is 10.5 Å². The molecule has 72 valence electrons. The van der Waals surface area contributed by atoms with Crippen LogP contribution in [0, 0.1) is 0 Å². The standard InChI is InChI=1S/C8H17NO2S/c1-8(2,3)11-7(10)9-6-12(4)5/h4,6H2,1-3,5H3,(H,9,10). The Morgan fingerprint density at radius 1 is 1.58 bits per heavy atom. The summed E-state index contributed by atoms with van der Waals surface area (Å²) in [5, 5.41) is 2.63. The highest BCUT2D eigenvalue weighted by Crippen LogP contribution is 2.07. The van der Waals surface area contributed by atoms with Crippen molar-refractivity contribution in [3.8, 4) is 0 Å². The Bertz CT molecular complexity index is 184. The molecule has 1 atom stereocenters. The maximum atomic E-state index is 11.0. The van der Waals surface area contributed by atoms with Crippen molar-refractivity contribution in [2.24, 2.45) is 0 Å². The number of nitrogens with one attached hydrogen (secondary N) is 1. The van der Waals surface area contributed by atoms with Crippen LogP contribution in [0.4, 0.5) is 4.79 Å². The van der Waals surface area contributed by atoms with E-state index in [1.807, 2.05) is 27.0 Å². The molecule has 1 N–H and O–H groups in total. The maximum absolute atomic E-state index is 11.0. The lowest BCUT2D eigenvalue weighted by atomic mass is 10.2. The minimum absolute atomic E-state index is 0.0265. The highest BCUT2D eigenvalue weighted by atomic mass is 32.2. The van der Waals surface area contributed by atoms with Crippen LogP contribution in [0.25, 0.3) is 0 Å². The summed E-state index contributed by atoms with van der Waals surface area (Å²) in [6.07, 6.45) is 1.59. The van der Waals surface area contributed by atoms with Crippen LogP contribution < -0.4 is 5.32 Å². The highest BCUT2D eigenvalue weighted by molar-refractivity contribution is 8.13. The van der Waals surface area contributed by atoms with Crippen LogP contribution in [-0.4, -0.2) is 29.7 Å². The van der Waals surface area contributed by atoms with Gasteiger partial charge < -0.3 is 10.1 Å². The number of hydrogen-bond donors (Lipinski definition) is 1. The Morgan fingerprint density at radius 3 is 2.42 bits per heavy atom. The fourth-order valence-electron chi connectivity index (χ4n) is 0.496. The van der Waals surface area contributed by atoms with Gasteiger partial charge in [-0.1, -0.05) is 5.87 Å². The minimum atomic E-state index is -0.419. The molecule has 0 rings (SSSR count). The van der Waals surface area contributed by atoms with Crippen molar-refractivity contribution < 1.29 is 9.53 Å². The molecule has 0 aliphatic heterocycles. The van der Waals surface area contributed by atoms with E-state index in [0.29, 0.717) is 5.88 Å². The van der Waals surface area contributed by atoms with Crippen LogP contribution in [0.1, 0.15) is 20.8 Å². The largest absolute Gasteiger partial charge is 0.444 e. The molecule has 1 amide bonds. The van der Waals surface area contributed by atoms with Crippen LogP contribution in [-0.2, 0) is 4.74 Å². The third-order valence-electron chi connectivity index (χ3n) is 0.862. The zero-order valence-corrected chi connectivity index (χ0v) is 8.96. The fraction of sp³-hybridized carbons (Fsp3) is 0.750. The zero-order valence-electron chi connectivity index (χ0n) is 8.14. The zero-order chi connectivity index (χ0) is 9.78. The molecule has 0 spiro atoms. The summed E-state index contributed by atoms with van der Waals surface area (Å²) >= 11 is 0. The van der Waals surface area contributed by atoms with E-state index in [1.54, 1.807) is 0 Å². The van der Waals surface area contributed by atoms with E-state index < -0.39 is 5.60 Å². The quantitative estimate of drug-likeness (QED) is 0.676. The SMILES string of the molecule is C=S(C)CNC(=O)OC(C)(C)C. The maximum Gasteiger partial charge on any atom is 0.408 e. The first-order chi connectivity index (χ1) is 5.31. The molecule has 4 heteroatoms. The number of alkyl carbamates (subject to hydrolysis) is 1. The van der Waals surface area contributed by atoms with Crippen molar-refractivity contribution in [2.45, 2.75) is 26.4 Å². The third kappa shape index (κ3) is 7.60. The van der Waals surface area contributed by atoms with Crippen molar-refractivity contribution in [1.29, 1.82) is 0 Å². The molecule has 0 aromatic carbocycles. The van der Waals surface area contributed by atoms with Crippen LogP contribution in [0.2, 0.25) is 0 Å². The molecule has 0 aromatic heterocycles. The summed E-state index contributed by atoms with van der Waals surface area (Å²) in [4.78, 5) is 11.0. The monoisotopic (exact) mass is 191 g/mol. The summed E-state index contributed by atoms with van der Waals surface area (Å²) in [6.45, 7) is 5.51. The predicted molar refractivity (Wildman–Crippen MR) is 54.9 cm³/mol. The minimum Gasteiger partial charge on any atom is -0.444 e. The van der Waals surface area contributed by atoms with Gasteiger partial charge in [0.15, 0.2) is 0 Å². The van der Waals surface area contributed by atoms with Crippen LogP contribution >= 0.6 is 10.5 Å². The first kappa shape index (κ1) is 11.5. The number of carbonyl (C=O) groups is 1. The van der Waals surface area contributed by atoms with Crippen LogP contribution in [0.3, 0.4) is 0 Å². The van der Waals surface area contributed by atoms with Gasteiger partial charge in [-0.05, 0) is 27.0 Å². The molecule has 0 heterocycles. The molecule has 12 heavy (non-hydrogen) atoms. The number of carbonyl (C=O) groups excluding carboxylic acids is 1. The van der Waals surface area contributed by atoms with E-state index >= 15 is 0 Å². The van der Waals surface area contributed by atoms with Gasteiger partial charge in [0.25, 0.3) is 0 Å². The molecule has 0 aromatic rings. The number of ether oxygens (including phenoxy) is 1. The summed E-state index contributed by atoms with van der Waals surface area (Å²) in [5.74, 6) is 4.34. The van der Waals surface area contributed by atoms with Crippen molar-refractivity contribution in [1.82, 2.24) is 5.32 Å². The molecule has 0 radical (unpaired) electrons. The van der Waals surface area contributed by atoms with Crippen molar-refractivity contribution >= 4 is 22.4 Å². The molecule has 0 fully saturated rings. The second kappa shape index (κ2) is 4.50. The lowest BCUT2D eigenvalue weighted by molar-refractivity contribution is 0.0538. The van der Waals surface area contributed by atoms with E-state index in [0.717, 1.165) is 0 Å². The molecule has 3 nitrogen and oxygen atoms in total. The first-order valence-electron chi connectivity index (χ1n) is 3.70. The highest BCUT2D eigenvalue weighted by Gasteiger charge is 2.15. The van der Waals surface area contributed by atoms with Gasteiger partial charge in [-0.15, -0.1) is 0 Å². The normalized spacial score (nSPS) is 13.7. The van der Waals surface area contributed by atoms with E-state index in [1.165, 1.54) is 0 Å². The van der Waals surface area contributed by atoms with E-state index in [4.69, 9.17) is 4.74 Å². The smallest absolute Gasteiger partial charge is 0.408 e. The average Bonchev–Trinajstić information content (AvgIpc) is 1.79. The number of hydrogen-bond acceptors (Lipinski definition) is 2. The van der Waals surface area contributed by atoms with Gasteiger partial charge in [-0.25, -0.2) is 4.79 Å². The van der Waals surface area contributed by atoms with E-state index in [2.05, 4.69) is 11.2 Å². The van der Waals surface area contributed by atoms with Gasteiger partial charge in [0, 0.05) is 0 Å². The van der Waals surface area contributed by atoms with Gasteiger partial charge in [0.2, 0.25) is 0 Å². The Balaban J connectivity index is 3.68. The van der Waals surface area contributed by atoms with Gasteiger partial charge in [-0.3, -0.25) is 0 Å². The van der Waals surface area contributed by atoms with Crippen molar-refractivity contribution in [3.05, 3.63) is 0 Å². The summed E-state index contributed by atoms with van der Waals surface area (Å²) in [6, 6.07) is 0. The fourth-order valence-corrected chi connectivity index (χ4v) is 0.861. The summed E-state index contributed by atoms with van der Waals surface area (Å²) in [7, 11) is -0.0265. The molecule has 0 aliphatic carbocycles. The average molecular weight is 191 g/mol. The number of amides is 1. The second-order valence-corrected chi connectivity index (χ2v) is 5.46. The molecule has 0 saturated heterocycles. The Kier molecular flexibility index (Phi) is 4.31. The molecule has 0 saturated carbocycles. The predicted octanol–water partition coefficient (Wildman–Crippen LogP) is 1.80. The Labute approximate surface area is 76.4 Å². The van der Waals surface area contributed by atoms with Crippen LogP contribution in [0.5, 0.6) is 0 Å². The molecular weight excluding hydrogens is 174 g/mol. The van der Waals surface area contributed by atoms with Gasteiger partial charge in [0.05, 0.1) is 5.88 Å². The summed E-state index contributed by atoms with van der Waals surface area (Å²) in [5.41, 5.74) is -0.419. The number of rotatable bonds is 2. The van der Waals surface area contributed by atoms with Crippen LogP contribution in [0.15, 0.2) is 0 Å². The molecule has 0 bridgehead atoms. The first-order valence-corrected chi connectivity index (χ1v) is 5.67. The lowest BCUT2D eigenvalue weighted by Crippen LogP contribution is -2.32.